The summed E-state index contributed by atoms with van der Waals surface area (Å²) in [4.78, 5) is 6.84. The highest BCUT2D eigenvalue weighted by molar-refractivity contribution is 5.32. The highest BCUT2D eigenvalue weighted by atomic mass is 15.3. The monoisotopic (exact) mass is 206 g/mol. The molecule has 0 aliphatic carbocycles. The van der Waals surface area contributed by atoms with Crippen LogP contribution in [0.3, 0.4) is 0 Å². The van der Waals surface area contributed by atoms with E-state index in [1.165, 1.54) is 19.3 Å². The summed E-state index contributed by atoms with van der Waals surface area (Å²) in [5, 5.41) is 3.69. The van der Waals surface area contributed by atoms with Crippen molar-refractivity contribution < 1.29 is 0 Å². The van der Waals surface area contributed by atoms with Crippen LogP contribution in [0.5, 0.6) is 0 Å². The summed E-state index contributed by atoms with van der Waals surface area (Å²) in [5.41, 5.74) is 0. The molecule has 4 heteroatoms. The third-order valence-electron chi connectivity index (χ3n) is 3.60. The number of aromatic nitrogens is 2. The van der Waals surface area contributed by atoms with Crippen LogP contribution < -0.4 is 10.2 Å². The zero-order valence-electron chi connectivity index (χ0n) is 9.19. The van der Waals surface area contributed by atoms with Crippen LogP contribution in [0.2, 0.25) is 0 Å². The number of fused-ring (bicyclic) bond motifs is 2. The number of hydrogen-bond donors (Lipinski definition) is 1. The van der Waals surface area contributed by atoms with Crippen LogP contribution in [0.25, 0.3) is 0 Å². The number of anilines is 1. The van der Waals surface area contributed by atoms with Crippen molar-refractivity contribution in [2.45, 2.75) is 31.3 Å². The smallest absolute Gasteiger partial charge is 0.205 e. The lowest BCUT2D eigenvalue weighted by molar-refractivity contribution is 0.563. The molecule has 2 bridgehead atoms. The molecule has 3 rings (SSSR count). The van der Waals surface area contributed by atoms with Crippen molar-refractivity contribution in [1.29, 1.82) is 0 Å². The van der Waals surface area contributed by atoms with Gasteiger partial charge >= 0.3 is 0 Å². The Kier molecular flexibility index (Phi) is 2.16. The highest BCUT2D eigenvalue weighted by Crippen LogP contribution is 2.23. The van der Waals surface area contributed by atoms with Gasteiger partial charge in [0.2, 0.25) is 5.95 Å². The van der Waals surface area contributed by atoms with E-state index in [0.29, 0.717) is 6.04 Å². The first kappa shape index (κ1) is 9.21. The zero-order chi connectivity index (χ0) is 10.3. The molecule has 2 aliphatic heterocycles. The van der Waals surface area contributed by atoms with Crippen molar-refractivity contribution in [3.05, 3.63) is 12.4 Å². The second-order valence-electron chi connectivity index (χ2n) is 4.71. The number of hydrogen-bond acceptors (Lipinski definition) is 3. The van der Waals surface area contributed by atoms with Gasteiger partial charge in [0, 0.05) is 44.6 Å². The predicted molar refractivity (Wildman–Crippen MR) is 60.0 cm³/mol. The molecule has 2 fully saturated rings. The average molecular weight is 206 g/mol. The van der Waals surface area contributed by atoms with E-state index in [1.54, 1.807) is 0 Å². The van der Waals surface area contributed by atoms with Crippen LogP contribution in [0.1, 0.15) is 19.3 Å². The number of aryl methyl sites for hydroxylation is 1. The Morgan fingerprint density at radius 3 is 3.00 bits per heavy atom. The van der Waals surface area contributed by atoms with Gasteiger partial charge in [-0.1, -0.05) is 0 Å². The lowest BCUT2D eigenvalue weighted by atomic mass is 10.1. The lowest BCUT2D eigenvalue weighted by Crippen LogP contribution is -2.36. The van der Waals surface area contributed by atoms with Crippen molar-refractivity contribution in [2.24, 2.45) is 7.05 Å². The molecule has 3 heterocycles. The minimum absolute atomic E-state index is 0.675. The highest BCUT2D eigenvalue weighted by Gasteiger charge is 2.30. The van der Waals surface area contributed by atoms with Gasteiger partial charge in [-0.2, -0.15) is 0 Å². The van der Waals surface area contributed by atoms with Crippen LogP contribution in [-0.4, -0.2) is 34.7 Å². The van der Waals surface area contributed by atoms with Crippen molar-refractivity contribution in [3.8, 4) is 0 Å². The second kappa shape index (κ2) is 3.52. The molecule has 1 N–H and O–H groups in total. The van der Waals surface area contributed by atoms with Crippen LogP contribution in [0, 0.1) is 0 Å². The van der Waals surface area contributed by atoms with Crippen molar-refractivity contribution in [1.82, 2.24) is 14.9 Å². The molecule has 4 nitrogen and oxygen atoms in total. The topological polar surface area (TPSA) is 33.1 Å². The molecule has 2 aliphatic rings. The number of nitrogens with zero attached hydrogens (tertiary/aromatic N) is 3. The summed E-state index contributed by atoms with van der Waals surface area (Å²) in [5.74, 6) is 1.12. The normalized spacial score (nSPS) is 30.6. The van der Waals surface area contributed by atoms with E-state index < -0.39 is 0 Å². The summed E-state index contributed by atoms with van der Waals surface area (Å²) in [7, 11) is 2.07. The molecule has 1 aromatic heterocycles. The van der Waals surface area contributed by atoms with E-state index in [2.05, 4.69) is 26.8 Å². The molecule has 0 aromatic carbocycles. The first-order valence-electron chi connectivity index (χ1n) is 5.81. The van der Waals surface area contributed by atoms with Gasteiger partial charge in [0.15, 0.2) is 0 Å². The first-order valence-corrected chi connectivity index (χ1v) is 5.81. The van der Waals surface area contributed by atoms with E-state index in [-0.39, 0.29) is 0 Å². The number of imidazole rings is 1. The Labute approximate surface area is 90.3 Å². The fourth-order valence-electron chi connectivity index (χ4n) is 2.79. The maximum absolute atomic E-state index is 4.43. The minimum Gasteiger partial charge on any atom is -0.341 e. The van der Waals surface area contributed by atoms with Gasteiger partial charge in [0.25, 0.3) is 0 Å². The van der Waals surface area contributed by atoms with Gasteiger partial charge in [-0.3, -0.25) is 0 Å². The summed E-state index contributed by atoms with van der Waals surface area (Å²) < 4.78 is 2.11. The van der Waals surface area contributed by atoms with Crippen molar-refractivity contribution in [2.75, 3.05) is 18.0 Å². The summed E-state index contributed by atoms with van der Waals surface area (Å²) >= 11 is 0. The third-order valence-corrected chi connectivity index (χ3v) is 3.60. The molecule has 1 aromatic rings. The Hall–Kier alpha value is -1.03. The summed E-state index contributed by atoms with van der Waals surface area (Å²) in [6, 6.07) is 1.43. The predicted octanol–water partition coefficient (Wildman–Crippen LogP) is 0.751. The third kappa shape index (κ3) is 1.63. The molecule has 2 unspecified atom stereocenters. The Morgan fingerprint density at radius 1 is 1.33 bits per heavy atom. The van der Waals surface area contributed by atoms with Gasteiger partial charge in [0.1, 0.15) is 0 Å². The lowest BCUT2D eigenvalue weighted by Gasteiger charge is -2.25. The van der Waals surface area contributed by atoms with Crippen LogP contribution in [-0.2, 0) is 7.05 Å². The maximum Gasteiger partial charge on any atom is 0.205 e. The van der Waals surface area contributed by atoms with E-state index in [0.717, 1.165) is 25.1 Å². The number of nitrogens with one attached hydrogen (secondary N) is 1. The van der Waals surface area contributed by atoms with E-state index >= 15 is 0 Å². The van der Waals surface area contributed by atoms with Gasteiger partial charge in [-0.15, -0.1) is 0 Å². The molecule has 0 saturated carbocycles. The SMILES string of the molecule is Cn1ccnc1N1CCC2CCC(C1)N2. The number of rotatable bonds is 1. The Balaban J connectivity index is 1.80. The Bertz CT molecular complexity index is 346. The van der Waals surface area contributed by atoms with Gasteiger partial charge < -0.3 is 14.8 Å². The summed E-state index contributed by atoms with van der Waals surface area (Å²) in [6.45, 7) is 2.25. The molecular formula is C11H18N4. The molecule has 0 radical (unpaired) electrons. The second-order valence-corrected chi connectivity index (χ2v) is 4.71. The quantitative estimate of drug-likeness (QED) is 0.736. The minimum atomic E-state index is 0.675. The van der Waals surface area contributed by atoms with Crippen molar-refractivity contribution in [3.63, 3.8) is 0 Å². The first-order chi connectivity index (χ1) is 7.33. The van der Waals surface area contributed by atoms with Crippen LogP contribution >= 0.6 is 0 Å². The molecule has 2 atom stereocenters. The van der Waals surface area contributed by atoms with Gasteiger partial charge in [0.05, 0.1) is 0 Å². The average Bonchev–Trinajstić information content (AvgIpc) is 2.74. The standard InChI is InChI=1S/C11H18N4/c1-14-7-5-12-11(14)15-6-4-9-2-3-10(8-15)13-9/h5,7,9-10,13H,2-4,6,8H2,1H3. The molecule has 2 saturated heterocycles. The summed E-state index contributed by atoms with van der Waals surface area (Å²) in [6.07, 6.45) is 7.84. The van der Waals surface area contributed by atoms with Crippen LogP contribution in [0.15, 0.2) is 12.4 Å². The molecule has 0 spiro atoms. The van der Waals surface area contributed by atoms with Gasteiger partial charge in [-0.05, 0) is 19.3 Å². The molecular weight excluding hydrogens is 188 g/mol. The maximum atomic E-state index is 4.43. The fraction of sp³-hybridized carbons (Fsp3) is 0.727. The fourth-order valence-corrected chi connectivity index (χ4v) is 2.79. The van der Waals surface area contributed by atoms with Crippen LogP contribution in [0.4, 0.5) is 5.95 Å². The van der Waals surface area contributed by atoms with Crippen molar-refractivity contribution >= 4 is 5.95 Å². The Morgan fingerprint density at radius 2 is 2.20 bits per heavy atom. The van der Waals surface area contributed by atoms with E-state index in [1.807, 2.05) is 12.4 Å². The largest absolute Gasteiger partial charge is 0.341 e. The van der Waals surface area contributed by atoms with E-state index in [9.17, 15) is 0 Å². The molecule has 82 valence electrons. The van der Waals surface area contributed by atoms with Gasteiger partial charge in [-0.25, -0.2) is 4.98 Å². The molecule has 15 heavy (non-hydrogen) atoms. The van der Waals surface area contributed by atoms with E-state index in [4.69, 9.17) is 0 Å². The molecule has 0 amide bonds. The zero-order valence-corrected chi connectivity index (χ0v) is 9.19.